The lowest BCUT2D eigenvalue weighted by molar-refractivity contribution is -0.363. The predicted molar refractivity (Wildman–Crippen MR) is 113 cm³/mol. The summed E-state index contributed by atoms with van der Waals surface area (Å²) >= 11 is 0. The van der Waals surface area contributed by atoms with Crippen LogP contribution in [0.3, 0.4) is 0 Å². The van der Waals surface area contributed by atoms with Gasteiger partial charge in [0.2, 0.25) is 0 Å². The topological polar surface area (TPSA) is 77.4 Å². The van der Waals surface area contributed by atoms with Crippen molar-refractivity contribution in [1.29, 1.82) is 0 Å². The summed E-state index contributed by atoms with van der Waals surface area (Å²) in [5, 5.41) is 22.2. The van der Waals surface area contributed by atoms with Gasteiger partial charge in [-0.1, -0.05) is 32.9 Å². The van der Waals surface area contributed by atoms with Crippen molar-refractivity contribution in [2.75, 3.05) is 7.11 Å². The molecule has 7 heteroatoms. The summed E-state index contributed by atoms with van der Waals surface area (Å²) in [5.74, 6) is -0.648. The largest absolute Gasteiger partial charge is 0.497 e. The summed E-state index contributed by atoms with van der Waals surface area (Å²) in [6, 6.07) is 7.63. The van der Waals surface area contributed by atoms with E-state index in [0.29, 0.717) is 19.4 Å². The van der Waals surface area contributed by atoms with E-state index in [0.717, 1.165) is 17.7 Å². The maximum atomic E-state index is 11.3. The molecule has 2 fully saturated rings. The van der Waals surface area contributed by atoms with Crippen LogP contribution < -0.4 is 4.74 Å². The first kappa shape index (κ1) is 22.7. The number of hydrogen-bond acceptors (Lipinski definition) is 6. The molecule has 6 nitrogen and oxygen atoms in total. The van der Waals surface area contributed by atoms with Crippen LogP contribution in [0.5, 0.6) is 5.75 Å². The molecule has 1 aromatic rings. The molecule has 2 heterocycles. The van der Waals surface area contributed by atoms with Crippen LogP contribution >= 0.6 is 0 Å². The maximum absolute atomic E-state index is 11.3. The highest BCUT2D eigenvalue weighted by Gasteiger charge is 2.58. The molecule has 164 valence electrons. The van der Waals surface area contributed by atoms with Crippen LogP contribution in [0.15, 0.2) is 24.3 Å². The van der Waals surface area contributed by atoms with Gasteiger partial charge in [0.15, 0.2) is 14.1 Å². The first-order valence-electron chi connectivity index (χ1n) is 10.5. The summed E-state index contributed by atoms with van der Waals surface area (Å²) in [6.07, 6.45) is -0.682. The molecule has 2 bridgehead atoms. The van der Waals surface area contributed by atoms with Crippen LogP contribution in [-0.4, -0.2) is 55.8 Å². The first-order valence-corrected chi connectivity index (χ1v) is 13.4. The van der Waals surface area contributed by atoms with E-state index in [1.54, 1.807) is 7.11 Å². The number of rotatable bonds is 6. The summed E-state index contributed by atoms with van der Waals surface area (Å²) in [7, 11) is -0.604. The van der Waals surface area contributed by atoms with Gasteiger partial charge in [0.1, 0.15) is 24.1 Å². The van der Waals surface area contributed by atoms with Gasteiger partial charge in [-0.3, -0.25) is 0 Å². The Balaban J connectivity index is 1.83. The van der Waals surface area contributed by atoms with E-state index in [9.17, 15) is 10.2 Å². The third-order valence-electron chi connectivity index (χ3n) is 6.67. The molecule has 2 aliphatic heterocycles. The number of methoxy groups -OCH3 is 1. The molecular formula is C22H36O6Si. The van der Waals surface area contributed by atoms with Crippen LogP contribution in [0.1, 0.15) is 45.6 Å². The van der Waals surface area contributed by atoms with E-state index in [1.807, 2.05) is 24.3 Å². The molecule has 0 unspecified atom stereocenters. The number of aliphatic hydroxyl groups is 2. The van der Waals surface area contributed by atoms with Crippen LogP contribution in [0.25, 0.3) is 0 Å². The van der Waals surface area contributed by atoms with Crippen molar-refractivity contribution < 1.29 is 28.8 Å². The quantitative estimate of drug-likeness (QED) is 0.680. The first-order chi connectivity index (χ1) is 13.5. The Morgan fingerprint density at radius 3 is 2.45 bits per heavy atom. The number of benzene rings is 1. The smallest absolute Gasteiger partial charge is 0.194 e. The van der Waals surface area contributed by atoms with Gasteiger partial charge in [-0.05, 0) is 48.7 Å². The van der Waals surface area contributed by atoms with Crippen molar-refractivity contribution in [1.82, 2.24) is 0 Å². The van der Waals surface area contributed by atoms with Gasteiger partial charge in [0.25, 0.3) is 0 Å². The fraction of sp³-hybridized carbons (Fsp3) is 0.727. The minimum absolute atomic E-state index is 0.0413. The van der Waals surface area contributed by atoms with Gasteiger partial charge in [-0.15, -0.1) is 0 Å². The fourth-order valence-corrected chi connectivity index (χ4v) is 5.09. The van der Waals surface area contributed by atoms with Crippen LogP contribution in [0.2, 0.25) is 18.1 Å². The van der Waals surface area contributed by atoms with E-state index in [4.69, 9.17) is 18.6 Å². The second-order valence-corrected chi connectivity index (χ2v) is 14.6. The summed E-state index contributed by atoms with van der Waals surface area (Å²) in [4.78, 5) is 0. The van der Waals surface area contributed by atoms with Crippen molar-refractivity contribution >= 4 is 8.32 Å². The van der Waals surface area contributed by atoms with Crippen molar-refractivity contribution in [2.24, 2.45) is 0 Å². The molecule has 0 aliphatic carbocycles. The van der Waals surface area contributed by atoms with Crippen LogP contribution in [0, 0.1) is 0 Å². The zero-order chi connectivity index (χ0) is 21.4. The van der Waals surface area contributed by atoms with Crippen LogP contribution in [-0.2, 0) is 20.5 Å². The molecule has 0 aromatic heterocycles. The summed E-state index contributed by atoms with van der Waals surface area (Å²) < 4.78 is 23.9. The summed E-state index contributed by atoms with van der Waals surface area (Å²) in [6.45, 7) is 11.0. The molecule has 0 radical (unpaired) electrons. The molecule has 3 rings (SSSR count). The Morgan fingerprint density at radius 2 is 1.86 bits per heavy atom. The van der Waals surface area contributed by atoms with Gasteiger partial charge in [-0.2, -0.15) is 0 Å². The van der Waals surface area contributed by atoms with Crippen molar-refractivity contribution in [3.05, 3.63) is 29.8 Å². The average Bonchev–Trinajstić information content (AvgIpc) is 2.65. The van der Waals surface area contributed by atoms with Crippen molar-refractivity contribution in [2.45, 2.75) is 95.0 Å². The molecule has 2 saturated heterocycles. The molecule has 0 amide bonds. The Kier molecular flexibility index (Phi) is 6.49. The molecule has 29 heavy (non-hydrogen) atoms. The standard InChI is InChI=1S/C22H36O6Si/c1-21(2,3)29(5,6)28-20-19(18(23)17-8-7-13-22(20,24)27-17)26-14-15-9-11-16(25-4)12-10-15/h9-12,17-20,23-24H,7-8,13-14H2,1-6H3/t17-,18-,19-,20-,22+/m1/s1. The van der Waals surface area contributed by atoms with Crippen molar-refractivity contribution in [3.8, 4) is 5.75 Å². The van der Waals surface area contributed by atoms with Crippen molar-refractivity contribution in [3.63, 3.8) is 0 Å². The number of aliphatic hydroxyl groups excluding tert-OH is 1. The maximum Gasteiger partial charge on any atom is 0.194 e. The molecule has 0 saturated carbocycles. The number of hydrogen-bond donors (Lipinski definition) is 2. The van der Waals surface area contributed by atoms with E-state index in [2.05, 4.69) is 33.9 Å². The minimum Gasteiger partial charge on any atom is -0.497 e. The highest BCUT2D eigenvalue weighted by atomic mass is 28.4. The SMILES string of the molecule is COc1ccc(CO[C@@H]2[C@H](O)[C@H]3CCC[C@](O)(O3)[C@@H]2O[Si](C)(C)C(C)(C)C)cc1. The van der Waals surface area contributed by atoms with Gasteiger partial charge in [-0.25, -0.2) is 0 Å². The Labute approximate surface area is 175 Å². The Bertz CT molecular complexity index is 686. The van der Waals surface area contributed by atoms with Gasteiger partial charge < -0.3 is 28.8 Å². The van der Waals surface area contributed by atoms with E-state index < -0.39 is 38.5 Å². The lowest BCUT2D eigenvalue weighted by atomic mass is 9.83. The zero-order valence-corrected chi connectivity index (χ0v) is 19.5. The molecular weight excluding hydrogens is 388 g/mol. The third-order valence-corrected chi connectivity index (χ3v) is 11.1. The van der Waals surface area contributed by atoms with Gasteiger partial charge in [0.05, 0.1) is 19.8 Å². The number of fused-ring (bicyclic) bond motifs is 2. The lowest BCUT2D eigenvalue weighted by Crippen LogP contribution is -2.69. The van der Waals surface area contributed by atoms with E-state index in [-0.39, 0.29) is 5.04 Å². The highest BCUT2D eigenvalue weighted by molar-refractivity contribution is 6.74. The second kappa shape index (κ2) is 8.28. The van der Waals surface area contributed by atoms with Gasteiger partial charge in [0, 0.05) is 6.42 Å². The minimum atomic E-state index is -2.24. The molecule has 0 spiro atoms. The predicted octanol–water partition coefficient (Wildman–Crippen LogP) is 3.60. The fourth-order valence-electron chi connectivity index (χ4n) is 3.79. The molecule has 2 N–H and O–H groups in total. The van der Waals surface area contributed by atoms with Gasteiger partial charge >= 0.3 is 0 Å². The Morgan fingerprint density at radius 1 is 1.21 bits per heavy atom. The Hall–Kier alpha value is -0.963. The normalized spacial score (nSPS) is 32.8. The van der Waals surface area contributed by atoms with E-state index >= 15 is 0 Å². The summed E-state index contributed by atoms with van der Waals surface area (Å²) in [5.41, 5.74) is 0.965. The molecule has 2 aliphatic rings. The average molecular weight is 425 g/mol. The molecule has 5 atom stereocenters. The molecule has 1 aromatic carbocycles. The number of ether oxygens (including phenoxy) is 3. The monoisotopic (exact) mass is 424 g/mol. The van der Waals surface area contributed by atoms with Crippen LogP contribution in [0.4, 0.5) is 0 Å². The zero-order valence-electron chi connectivity index (χ0n) is 18.5. The second-order valence-electron chi connectivity index (χ2n) is 9.81. The lowest BCUT2D eigenvalue weighted by Gasteiger charge is -2.54. The van der Waals surface area contributed by atoms with E-state index in [1.165, 1.54) is 0 Å². The third kappa shape index (κ3) is 4.70. The highest BCUT2D eigenvalue weighted by Crippen LogP contribution is 2.45.